The van der Waals surface area contributed by atoms with Crippen molar-refractivity contribution in [2.24, 2.45) is 0 Å². The monoisotopic (exact) mass is 321 g/mol. The summed E-state index contributed by atoms with van der Waals surface area (Å²) in [5.41, 5.74) is 1.94. The molecule has 110 valence electrons. The van der Waals surface area contributed by atoms with Crippen molar-refractivity contribution < 1.29 is 4.39 Å². The number of nitrogens with one attached hydrogen (secondary N) is 1. The summed E-state index contributed by atoms with van der Waals surface area (Å²) in [4.78, 5) is 1.14. The van der Waals surface area contributed by atoms with Crippen LogP contribution in [0.3, 0.4) is 0 Å². The van der Waals surface area contributed by atoms with Crippen LogP contribution in [-0.2, 0) is 12.3 Å². The molecule has 0 heterocycles. The van der Waals surface area contributed by atoms with Crippen molar-refractivity contribution in [1.29, 1.82) is 0 Å². The van der Waals surface area contributed by atoms with Crippen LogP contribution in [0.4, 0.5) is 4.39 Å². The van der Waals surface area contributed by atoms with Crippen molar-refractivity contribution in [1.82, 2.24) is 5.32 Å². The van der Waals surface area contributed by atoms with Gasteiger partial charge in [-0.25, -0.2) is 4.39 Å². The van der Waals surface area contributed by atoms with Gasteiger partial charge in [0.15, 0.2) is 0 Å². The summed E-state index contributed by atoms with van der Waals surface area (Å²) in [6, 6.07) is 14.3. The Morgan fingerprint density at radius 1 is 1.14 bits per heavy atom. The van der Waals surface area contributed by atoms with Crippen LogP contribution in [-0.4, -0.2) is 6.04 Å². The summed E-state index contributed by atoms with van der Waals surface area (Å²) in [6.07, 6.45) is 2.61. The molecule has 4 heteroatoms. The molecule has 0 unspecified atom stereocenters. The molecule has 0 saturated heterocycles. The average Bonchev–Trinajstić information content (AvgIpc) is 3.32. The van der Waals surface area contributed by atoms with Gasteiger partial charge >= 0.3 is 0 Å². The first-order chi connectivity index (χ1) is 10.2. The zero-order chi connectivity index (χ0) is 14.7. The van der Waals surface area contributed by atoms with Gasteiger partial charge in [-0.05, 0) is 42.2 Å². The highest BCUT2D eigenvalue weighted by Gasteiger charge is 2.19. The number of halogens is 2. The van der Waals surface area contributed by atoms with Crippen LogP contribution in [0.5, 0.6) is 0 Å². The maximum absolute atomic E-state index is 13.8. The zero-order valence-electron chi connectivity index (χ0n) is 11.6. The molecule has 0 amide bonds. The standard InChI is InChI=1S/C17H17ClFNS/c18-16-3-1-2-13(17(16)19)11-21-15-8-4-12(5-9-15)10-20-14-6-7-14/h1-5,8-9,14,20H,6-7,10-11H2. The van der Waals surface area contributed by atoms with Crippen LogP contribution >= 0.6 is 23.4 Å². The molecule has 0 spiro atoms. The average molecular weight is 322 g/mol. The Morgan fingerprint density at radius 2 is 1.90 bits per heavy atom. The van der Waals surface area contributed by atoms with Gasteiger partial charge in [0.25, 0.3) is 0 Å². The topological polar surface area (TPSA) is 12.0 Å². The lowest BCUT2D eigenvalue weighted by Crippen LogP contribution is -2.14. The predicted molar refractivity (Wildman–Crippen MR) is 87.3 cm³/mol. The van der Waals surface area contributed by atoms with E-state index in [1.165, 1.54) is 18.4 Å². The molecular formula is C17H17ClFNS. The molecule has 1 fully saturated rings. The molecule has 1 aliphatic carbocycles. The van der Waals surface area contributed by atoms with Crippen molar-refractivity contribution >= 4 is 23.4 Å². The fourth-order valence-electron chi connectivity index (χ4n) is 2.07. The van der Waals surface area contributed by atoms with E-state index in [0.717, 1.165) is 17.5 Å². The molecule has 0 atom stereocenters. The van der Waals surface area contributed by atoms with Crippen molar-refractivity contribution in [3.05, 3.63) is 64.4 Å². The number of thioether (sulfide) groups is 1. The fourth-order valence-corrected chi connectivity index (χ4v) is 3.14. The fraction of sp³-hybridized carbons (Fsp3) is 0.294. The summed E-state index contributed by atoms with van der Waals surface area (Å²) in [6.45, 7) is 0.929. The number of hydrogen-bond donors (Lipinski definition) is 1. The van der Waals surface area contributed by atoms with Gasteiger partial charge in [0.05, 0.1) is 5.02 Å². The van der Waals surface area contributed by atoms with Gasteiger partial charge in [-0.15, -0.1) is 11.8 Å². The Bertz CT molecular complexity index is 611. The van der Waals surface area contributed by atoms with Gasteiger partial charge in [-0.3, -0.25) is 0 Å². The highest BCUT2D eigenvalue weighted by Crippen LogP contribution is 2.27. The molecule has 1 nitrogen and oxygen atoms in total. The van der Waals surface area contributed by atoms with E-state index >= 15 is 0 Å². The molecule has 2 aromatic rings. The summed E-state index contributed by atoms with van der Waals surface area (Å²) in [5, 5.41) is 3.68. The Balaban J connectivity index is 1.56. The van der Waals surface area contributed by atoms with Gasteiger partial charge in [0.2, 0.25) is 0 Å². The molecule has 1 N–H and O–H groups in total. The third kappa shape index (κ3) is 4.22. The van der Waals surface area contributed by atoms with Crippen molar-refractivity contribution in [3.63, 3.8) is 0 Å². The van der Waals surface area contributed by atoms with Gasteiger partial charge in [0, 0.05) is 23.2 Å². The lowest BCUT2D eigenvalue weighted by Gasteiger charge is -2.06. The van der Waals surface area contributed by atoms with Crippen LogP contribution in [0.15, 0.2) is 47.4 Å². The van der Waals surface area contributed by atoms with E-state index in [1.54, 1.807) is 30.0 Å². The third-order valence-electron chi connectivity index (χ3n) is 3.52. The molecule has 0 bridgehead atoms. The second-order valence-electron chi connectivity index (χ2n) is 5.30. The van der Waals surface area contributed by atoms with Crippen LogP contribution < -0.4 is 5.32 Å². The Morgan fingerprint density at radius 3 is 2.62 bits per heavy atom. The van der Waals surface area contributed by atoms with E-state index in [-0.39, 0.29) is 10.8 Å². The van der Waals surface area contributed by atoms with E-state index < -0.39 is 0 Å². The van der Waals surface area contributed by atoms with Gasteiger partial charge in [-0.1, -0.05) is 35.9 Å². The minimum atomic E-state index is -0.308. The minimum Gasteiger partial charge on any atom is -0.310 e. The number of benzene rings is 2. The molecule has 21 heavy (non-hydrogen) atoms. The largest absolute Gasteiger partial charge is 0.310 e. The molecule has 0 aromatic heterocycles. The smallest absolute Gasteiger partial charge is 0.145 e. The molecule has 1 saturated carbocycles. The van der Waals surface area contributed by atoms with Gasteiger partial charge in [0.1, 0.15) is 5.82 Å². The quantitative estimate of drug-likeness (QED) is 0.749. The van der Waals surface area contributed by atoms with Gasteiger partial charge < -0.3 is 5.32 Å². The minimum absolute atomic E-state index is 0.189. The summed E-state index contributed by atoms with van der Waals surface area (Å²) < 4.78 is 13.8. The predicted octanol–water partition coefficient (Wildman–Crippen LogP) is 5.02. The SMILES string of the molecule is Fc1c(Cl)cccc1CSc1ccc(CNC2CC2)cc1. The Hall–Kier alpha value is -1.03. The maximum Gasteiger partial charge on any atom is 0.145 e. The lowest BCUT2D eigenvalue weighted by atomic mass is 10.2. The van der Waals surface area contributed by atoms with E-state index in [2.05, 4.69) is 29.6 Å². The summed E-state index contributed by atoms with van der Waals surface area (Å²) in [7, 11) is 0. The van der Waals surface area contributed by atoms with Crippen LogP contribution in [0.2, 0.25) is 5.02 Å². The van der Waals surface area contributed by atoms with E-state index in [0.29, 0.717) is 11.3 Å². The first kappa shape index (κ1) is 14.9. The van der Waals surface area contributed by atoms with Crippen molar-refractivity contribution in [3.8, 4) is 0 Å². The third-order valence-corrected chi connectivity index (χ3v) is 4.87. The van der Waals surface area contributed by atoms with E-state index in [4.69, 9.17) is 11.6 Å². The number of hydrogen-bond acceptors (Lipinski definition) is 2. The molecular weight excluding hydrogens is 305 g/mol. The molecule has 0 aliphatic heterocycles. The molecule has 1 aliphatic rings. The summed E-state index contributed by atoms with van der Waals surface area (Å²) >= 11 is 7.41. The molecule has 3 rings (SSSR count). The Kier molecular flexibility index (Phi) is 4.84. The molecule has 0 radical (unpaired) electrons. The normalized spacial score (nSPS) is 14.4. The van der Waals surface area contributed by atoms with Crippen LogP contribution in [0.25, 0.3) is 0 Å². The summed E-state index contributed by atoms with van der Waals surface area (Å²) in [5.74, 6) is 0.281. The second kappa shape index (κ2) is 6.82. The van der Waals surface area contributed by atoms with Crippen LogP contribution in [0.1, 0.15) is 24.0 Å². The van der Waals surface area contributed by atoms with Gasteiger partial charge in [-0.2, -0.15) is 0 Å². The van der Waals surface area contributed by atoms with E-state index in [9.17, 15) is 4.39 Å². The lowest BCUT2D eigenvalue weighted by molar-refractivity contribution is 0.618. The zero-order valence-corrected chi connectivity index (χ0v) is 13.2. The highest BCUT2D eigenvalue weighted by atomic mass is 35.5. The van der Waals surface area contributed by atoms with Crippen LogP contribution in [0, 0.1) is 5.82 Å². The van der Waals surface area contributed by atoms with Crippen molar-refractivity contribution in [2.45, 2.75) is 36.1 Å². The first-order valence-corrected chi connectivity index (χ1v) is 8.47. The first-order valence-electron chi connectivity index (χ1n) is 7.10. The van der Waals surface area contributed by atoms with E-state index in [1.807, 2.05) is 0 Å². The molecule has 2 aromatic carbocycles. The number of rotatable bonds is 6. The highest BCUT2D eigenvalue weighted by molar-refractivity contribution is 7.98. The van der Waals surface area contributed by atoms with Crippen molar-refractivity contribution in [2.75, 3.05) is 0 Å². The second-order valence-corrected chi connectivity index (χ2v) is 6.76. The maximum atomic E-state index is 13.8. The Labute approximate surface area is 133 Å².